The van der Waals surface area contributed by atoms with Gasteiger partial charge in [-0.25, -0.2) is 15.0 Å². The van der Waals surface area contributed by atoms with E-state index < -0.39 is 0 Å². The highest BCUT2D eigenvalue weighted by molar-refractivity contribution is 9.10. The molecule has 0 saturated heterocycles. The van der Waals surface area contributed by atoms with Gasteiger partial charge in [-0.1, -0.05) is 22.0 Å². The van der Waals surface area contributed by atoms with Crippen LogP contribution in [0.25, 0.3) is 22.2 Å². The lowest BCUT2D eigenvalue weighted by Crippen LogP contribution is -1.90. The molecule has 126 valence electrons. The van der Waals surface area contributed by atoms with Crippen molar-refractivity contribution in [1.29, 1.82) is 0 Å². The van der Waals surface area contributed by atoms with E-state index in [0.29, 0.717) is 23.0 Å². The SMILES string of the molecule is Nc1ncc2ccc(Br)cc2c1/N=N/c1ccc(-c2ncccn2)cc1. The average Bonchev–Trinajstić information content (AvgIpc) is 2.68. The Hall–Kier alpha value is -3.19. The van der Waals surface area contributed by atoms with Crippen LogP contribution in [0.15, 0.2) is 81.8 Å². The summed E-state index contributed by atoms with van der Waals surface area (Å²) in [5.74, 6) is 1.01. The number of nitrogen functional groups attached to an aromatic ring is 1. The molecule has 7 heteroatoms. The maximum absolute atomic E-state index is 6.00. The van der Waals surface area contributed by atoms with Gasteiger partial charge in [0.05, 0.1) is 5.69 Å². The van der Waals surface area contributed by atoms with E-state index in [9.17, 15) is 0 Å². The van der Waals surface area contributed by atoms with Crippen LogP contribution in [-0.2, 0) is 0 Å². The summed E-state index contributed by atoms with van der Waals surface area (Å²) in [5, 5.41) is 10.5. The van der Waals surface area contributed by atoms with E-state index in [1.807, 2.05) is 42.5 Å². The first-order valence-electron chi connectivity index (χ1n) is 7.84. The molecule has 0 amide bonds. The lowest BCUT2D eigenvalue weighted by molar-refractivity contribution is 1.17. The summed E-state index contributed by atoms with van der Waals surface area (Å²) in [5.41, 5.74) is 8.18. The predicted octanol–water partition coefficient (Wildman–Crippen LogP) is 5.45. The Morgan fingerprint density at radius 2 is 1.65 bits per heavy atom. The van der Waals surface area contributed by atoms with E-state index in [1.165, 1.54) is 0 Å². The van der Waals surface area contributed by atoms with Crippen molar-refractivity contribution in [2.75, 3.05) is 5.73 Å². The molecular formula is C19H13BrN6. The van der Waals surface area contributed by atoms with Gasteiger partial charge in [0.15, 0.2) is 11.6 Å². The molecule has 2 aromatic carbocycles. The molecule has 2 N–H and O–H groups in total. The largest absolute Gasteiger partial charge is 0.382 e. The molecule has 0 fully saturated rings. The van der Waals surface area contributed by atoms with Crippen LogP contribution < -0.4 is 5.73 Å². The molecule has 0 aliphatic heterocycles. The summed E-state index contributed by atoms with van der Waals surface area (Å²) in [6.07, 6.45) is 5.15. The minimum atomic E-state index is 0.341. The van der Waals surface area contributed by atoms with Gasteiger partial charge < -0.3 is 5.73 Å². The van der Waals surface area contributed by atoms with Crippen molar-refractivity contribution in [3.05, 3.63) is 71.6 Å². The Bertz CT molecular complexity index is 1090. The Morgan fingerprint density at radius 1 is 0.885 bits per heavy atom. The second-order valence-electron chi connectivity index (χ2n) is 5.54. The van der Waals surface area contributed by atoms with Gasteiger partial charge in [0.1, 0.15) is 5.69 Å². The second kappa shape index (κ2) is 6.97. The number of azo groups is 1. The molecular weight excluding hydrogens is 392 g/mol. The minimum absolute atomic E-state index is 0.341. The molecule has 0 atom stereocenters. The molecule has 0 bridgehead atoms. The molecule has 0 saturated carbocycles. The van der Waals surface area contributed by atoms with E-state index in [-0.39, 0.29) is 0 Å². The molecule has 6 nitrogen and oxygen atoms in total. The first-order valence-corrected chi connectivity index (χ1v) is 8.63. The summed E-state index contributed by atoms with van der Waals surface area (Å²) in [7, 11) is 0. The fraction of sp³-hybridized carbons (Fsp3) is 0. The van der Waals surface area contributed by atoms with Crippen LogP contribution in [0.5, 0.6) is 0 Å². The van der Waals surface area contributed by atoms with Crippen molar-refractivity contribution >= 4 is 43.9 Å². The number of anilines is 1. The van der Waals surface area contributed by atoms with Crippen LogP contribution in [0.2, 0.25) is 0 Å². The lowest BCUT2D eigenvalue weighted by atomic mass is 10.1. The number of fused-ring (bicyclic) bond motifs is 1. The van der Waals surface area contributed by atoms with Crippen LogP contribution in [0.3, 0.4) is 0 Å². The summed E-state index contributed by atoms with van der Waals surface area (Å²) in [4.78, 5) is 12.7. The predicted molar refractivity (Wildman–Crippen MR) is 105 cm³/mol. The monoisotopic (exact) mass is 404 g/mol. The summed E-state index contributed by atoms with van der Waals surface area (Å²) < 4.78 is 0.944. The van der Waals surface area contributed by atoms with Crippen molar-refractivity contribution in [3.8, 4) is 11.4 Å². The normalized spacial score (nSPS) is 11.3. The number of benzene rings is 2. The van der Waals surface area contributed by atoms with Gasteiger partial charge in [0.2, 0.25) is 0 Å². The lowest BCUT2D eigenvalue weighted by Gasteiger charge is -2.04. The molecule has 2 heterocycles. The van der Waals surface area contributed by atoms with Gasteiger partial charge in [0.25, 0.3) is 0 Å². The summed E-state index contributed by atoms with van der Waals surface area (Å²) in [6, 6.07) is 15.2. The van der Waals surface area contributed by atoms with Crippen LogP contribution in [-0.4, -0.2) is 15.0 Å². The molecule has 4 aromatic rings. The van der Waals surface area contributed by atoms with E-state index in [2.05, 4.69) is 41.1 Å². The fourth-order valence-electron chi connectivity index (χ4n) is 2.52. The highest BCUT2D eigenvalue weighted by Gasteiger charge is 2.07. The number of pyridine rings is 1. The number of aromatic nitrogens is 3. The van der Waals surface area contributed by atoms with Crippen molar-refractivity contribution in [3.63, 3.8) is 0 Å². The van der Waals surface area contributed by atoms with Crippen LogP contribution in [0, 0.1) is 0 Å². The van der Waals surface area contributed by atoms with E-state index in [4.69, 9.17) is 5.73 Å². The number of nitrogens with zero attached hydrogens (tertiary/aromatic N) is 5. The zero-order chi connectivity index (χ0) is 17.9. The molecule has 26 heavy (non-hydrogen) atoms. The Kier molecular flexibility index (Phi) is 4.37. The summed E-state index contributed by atoms with van der Waals surface area (Å²) >= 11 is 3.47. The van der Waals surface area contributed by atoms with Crippen molar-refractivity contribution in [2.24, 2.45) is 10.2 Å². The van der Waals surface area contributed by atoms with Gasteiger partial charge in [-0.05, 0) is 42.5 Å². The third-order valence-corrected chi connectivity index (χ3v) is 4.31. The van der Waals surface area contributed by atoms with Gasteiger partial charge in [-0.3, -0.25) is 0 Å². The van der Waals surface area contributed by atoms with Crippen LogP contribution >= 0.6 is 15.9 Å². The maximum atomic E-state index is 6.00. The molecule has 0 unspecified atom stereocenters. The van der Waals surface area contributed by atoms with Crippen LogP contribution in [0.4, 0.5) is 17.2 Å². The van der Waals surface area contributed by atoms with Crippen molar-refractivity contribution in [2.45, 2.75) is 0 Å². The number of nitrogens with two attached hydrogens (primary N) is 1. The summed E-state index contributed by atoms with van der Waals surface area (Å²) in [6.45, 7) is 0. The van der Waals surface area contributed by atoms with Gasteiger partial charge in [-0.15, -0.1) is 5.11 Å². The molecule has 0 radical (unpaired) electrons. The average molecular weight is 405 g/mol. The minimum Gasteiger partial charge on any atom is -0.382 e. The Morgan fingerprint density at radius 3 is 2.42 bits per heavy atom. The number of halogens is 1. The number of hydrogen-bond donors (Lipinski definition) is 1. The molecule has 0 aliphatic carbocycles. The topological polar surface area (TPSA) is 89.4 Å². The van der Waals surface area contributed by atoms with Crippen LogP contribution in [0.1, 0.15) is 0 Å². The number of rotatable bonds is 3. The van der Waals surface area contributed by atoms with Crippen molar-refractivity contribution in [1.82, 2.24) is 15.0 Å². The maximum Gasteiger partial charge on any atom is 0.159 e. The second-order valence-corrected chi connectivity index (χ2v) is 6.46. The first kappa shape index (κ1) is 16.3. The van der Waals surface area contributed by atoms with Gasteiger partial charge >= 0.3 is 0 Å². The van der Waals surface area contributed by atoms with E-state index in [1.54, 1.807) is 24.7 Å². The quantitative estimate of drug-likeness (QED) is 0.459. The first-order chi connectivity index (χ1) is 12.7. The van der Waals surface area contributed by atoms with E-state index >= 15 is 0 Å². The van der Waals surface area contributed by atoms with Gasteiger partial charge in [-0.2, -0.15) is 5.11 Å². The molecule has 0 aliphatic rings. The zero-order valence-corrected chi connectivity index (χ0v) is 15.1. The van der Waals surface area contributed by atoms with Crippen molar-refractivity contribution < 1.29 is 0 Å². The van der Waals surface area contributed by atoms with Gasteiger partial charge in [0, 0.05) is 39.4 Å². The van der Waals surface area contributed by atoms with E-state index in [0.717, 1.165) is 20.8 Å². The standard InChI is InChI=1S/C19H13BrN6/c20-14-5-2-13-11-24-18(21)17(16(13)10-14)26-25-15-6-3-12(4-7-15)19-22-8-1-9-23-19/h1-11H,(H2,21,24)/b26-25+. The third kappa shape index (κ3) is 3.29. The fourth-order valence-corrected chi connectivity index (χ4v) is 2.88. The smallest absolute Gasteiger partial charge is 0.159 e. The molecule has 4 rings (SSSR count). The zero-order valence-electron chi connectivity index (χ0n) is 13.5. The third-order valence-electron chi connectivity index (χ3n) is 3.81. The highest BCUT2D eigenvalue weighted by Crippen LogP contribution is 2.33. The molecule has 2 aromatic heterocycles. The Labute approximate surface area is 158 Å². The molecule has 0 spiro atoms. The Balaban J connectivity index is 1.67. The number of hydrogen-bond acceptors (Lipinski definition) is 6. The highest BCUT2D eigenvalue weighted by atomic mass is 79.9.